The number of aliphatic hydroxyl groups is 1. The van der Waals surface area contributed by atoms with E-state index >= 15 is 0 Å². The molecule has 0 bridgehead atoms. The zero-order valence-electron chi connectivity index (χ0n) is 21.9. The Labute approximate surface area is 236 Å². The normalized spacial score (nSPS) is 19.6. The number of fused-ring (bicyclic) bond motifs is 3. The summed E-state index contributed by atoms with van der Waals surface area (Å²) in [4.78, 5) is 38.8. The Bertz CT molecular complexity index is 1450. The van der Waals surface area contributed by atoms with E-state index in [0.717, 1.165) is 11.1 Å². The zero-order chi connectivity index (χ0) is 28.2. The van der Waals surface area contributed by atoms with Crippen molar-refractivity contribution in [1.82, 2.24) is 4.57 Å². The van der Waals surface area contributed by atoms with Crippen LogP contribution in [0.5, 0.6) is 0 Å². The van der Waals surface area contributed by atoms with Gasteiger partial charge in [-0.3, -0.25) is 14.4 Å². The van der Waals surface area contributed by atoms with Gasteiger partial charge in [0.1, 0.15) is 0 Å². The fourth-order valence-corrected chi connectivity index (χ4v) is 5.41. The fourth-order valence-electron chi connectivity index (χ4n) is 5.24. The summed E-state index contributed by atoms with van der Waals surface area (Å²) in [6.45, 7) is 1.19. The first-order valence-electron chi connectivity index (χ1n) is 13.2. The molecule has 1 saturated heterocycles. The van der Waals surface area contributed by atoms with Gasteiger partial charge in [0.05, 0.1) is 51.3 Å². The highest BCUT2D eigenvalue weighted by Crippen LogP contribution is 2.33. The van der Waals surface area contributed by atoms with Crippen LogP contribution in [-0.4, -0.2) is 60.0 Å². The minimum Gasteiger partial charge on any atom is -0.394 e. The van der Waals surface area contributed by atoms with Crippen LogP contribution in [0.1, 0.15) is 39.5 Å². The number of hydrogen-bond donors (Lipinski definition) is 2. The first kappa shape index (κ1) is 28.2. The largest absolute Gasteiger partial charge is 0.394 e. The van der Waals surface area contributed by atoms with Gasteiger partial charge in [0.15, 0.2) is 5.78 Å². The van der Waals surface area contributed by atoms with Gasteiger partial charge in [-0.25, -0.2) is 0 Å². The molecule has 2 aliphatic heterocycles. The Morgan fingerprint density at radius 2 is 1.80 bits per heavy atom. The maximum atomic E-state index is 13.8. The van der Waals surface area contributed by atoms with Gasteiger partial charge in [-0.15, -0.1) is 0 Å². The number of aromatic nitrogens is 1. The topological polar surface area (TPSA) is 130 Å². The number of Topliss-reactive ketones (excluding diaryl/α,β-unsaturated/α-hetero) is 1. The Balaban J connectivity index is 1.53. The number of nitrogens with two attached hydrogens (primary N) is 1. The molecule has 1 fully saturated rings. The van der Waals surface area contributed by atoms with Crippen molar-refractivity contribution >= 4 is 23.3 Å². The lowest BCUT2D eigenvalue weighted by molar-refractivity contribution is -0.126. The maximum absolute atomic E-state index is 13.8. The molecule has 2 aliphatic rings. The van der Waals surface area contributed by atoms with E-state index in [2.05, 4.69) is 0 Å². The molecule has 3 heterocycles. The van der Waals surface area contributed by atoms with E-state index in [1.807, 2.05) is 12.1 Å². The number of aliphatic hydroxyl groups excluding tert-OH is 1. The van der Waals surface area contributed by atoms with Crippen LogP contribution in [-0.2, 0) is 38.5 Å². The second-order valence-corrected chi connectivity index (χ2v) is 10.5. The highest BCUT2D eigenvalue weighted by Gasteiger charge is 2.29. The maximum Gasteiger partial charge on any atom is 0.251 e. The molecule has 210 valence electrons. The van der Waals surface area contributed by atoms with E-state index in [9.17, 15) is 19.5 Å². The molecular formula is C30H31ClN2O7. The molecule has 3 atom stereocenters. The van der Waals surface area contributed by atoms with E-state index in [1.54, 1.807) is 36.5 Å². The van der Waals surface area contributed by atoms with Gasteiger partial charge in [-0.05, 0) is 46.5 Å². The molecule has 1 amide bonds. The molecule has 0 aliphatic carbocycles. The summed E-state index contributed by atoms with van der Waals surface area (Å²) in [5.74, 6) is -0.738. The fraction of sp³-hybridized carbons (Fsp3) is 0.367. The molecular weight excluding hydrogens is 536 g/mol. The molecule has 2 aromatic carbocycles. The van der Waals surface area contributed by atoms with Crippen molar-refractivity contribution in [2.45, 2.75) is 44.1 Å². The molecule has 0 saturated carbocycles. The summed E-state index contributed by atoms with van der Waals surface area (Å²) in [6.07, 6.45) is 1.65. The second-order valence-electron chi connectivity index (χ2n) is 10.1. The summed E-state index contributed by atoms with van der Waals surface area (Å²) >= 11 is 6.32. The standard InChI is InChI=1S/C30H31ClN2O7/c31-22-6-5-20-10-23(15-34)40-16-21-14-33(29(36)13-26(21)25(20)11-22)27(12-24-17-38-7-8-39-24)28(35)9-18-1-3-19(4-2-18)30(32)37/h1-6,11,13-14,23-24,27,34H,7-10,12,15-17H2,(H2,32,37)/t23?,24-,27?/m1/s1. The lowest BCUT2D eigenvalue weighted by Crippen LogP contribution is -2.37. The van der Waals surface area contributed by atoms with Gasteiger partial charge in [-0.2, -0.15) is 0 Å². The first-order valence-corrected chi connectivity index (χ1v) is 13.6. The van der Waals surface area contributed by atoms with Gasteiger partial charge in [0, 0.05) is 47.7 Å². The number of halogens is 1. The first-order chi connectivity index (χ1) is 19.3. The van der Waals surface area contributed by atoms with Crippen molar-refractivity contribution in [3.05, 3.63) is 92.4 Å². The van der Waals surface area contributed by atoms with Gasteiger partial charge >= 0.3 is 0 Å². The van der Waals surface area contributed by atoms with Crippen LogP contribution in [0.2, 0.25) is 5.02 Å². The predicted molar refractivity (Wildman–Crippen MR) is 148 cm³/mol. The number of amides is 1. The molecule has 10 heteroatoms. The van der Waals surface area contributed by atoms with Crippen molar-refractivity contribution in [2.24, 2.45) is 5.73 Å². The monoisotopic (exact) mass is 566 g/mol. The summed E-state index contributed by atoms with van der Waals surface area (Å²) in [7, 11) is 0. The lowest BCUT2D eigenvalue weighted by atomic mass is 9.92. The molecule has 40 heavy (non-hydrogen) atoms. The van der Waals surface area contributed by atoms with Gasteiger partial charge < -0.3 is 29.6 Å². The Kier molecular flexibility index (Phi) is 8.78. The molecule has 3 aromatic rings. The van der Waals surface area contributed by atoms with Crippen LogP contribution in [0.25, 0.3) is 11.1 Å². The Morgan fingerprint density at radius 1 is 1.02 bits per heavy atom. The molecule has 2 unspecified atom stereocenters. The number of ketones is 1. The average molecular weight is 567 g/mol. The zero-order valence-corrected chi connectivity index (χ0v) is 22.6. The number of rotatable bonds is 8. The van der Waals surface area contributed by atoms with E-state index in [4.69, 9.17) is 31.5 Å². The number of ether oxygens (including phenoxy) is 3. The Hall–Kier alpha value is -3.34. The molecule has 9 nitrogen and oxygen atoms in total. The van der Waals surface area contributed by atoms with Gasteiger partial charge in [-0.1, -0.05) is 29.8 Å². The highest BCUT2D eigenvalue weighted by atomic mass is 35.5. The smallest absolute Gasteiger partial charge is 0.251 e. The third-order valence-electron chi connectivity index (χ3n) is 7.35. The number of carbonyl (C=O) groups excluding carboxylic acids is 2. The molecule has 0 radical (unpaired) electrons. The Morgan fingerprint density at radius 3 is 2.50 bits per heavy atom. The van der Waals surface area contributed by atoms with E-state index in [-0.39, 0.29) is 43.5 Å². The summed E-state index contributed by atoms with van der Waals surface area (Å²) in [5, 5.41) is 10.4. The van der Waals surface area contributed by atoms with Crippen LogP contribution in [0.4, 0.5) is 0 Å². The predicted octanol–water partition coefficient (Wildman–Crippen LogP) is 2.86. The minimum atomic E-state index is -0.835. The van der Waals surface area contributed by atoms with Crippen molar-refractivity contribution in [3.63, 3.8) is 0 Å². The molecule has 0 spiro atoms. The van der Waals surface area contributed by atoms with Crippen molar-refractivity contribution in [1.29, 1.82) is 0 Å². The lowest BCUT2D eigenvalue weighted by Gasteiger charge is -2.29. The number of nitrogens with zero attached hydrogens (tertiary/aromatic N) is 1. The van der Waals surface area contributed by atoms with Crippen LogP contribution in [0.15, 0.2) is 59.5 Å². The van der Waals surface area contributed by atoms with Gasteiger partial charge in [0.25, 0.3) is 5.56 Å². The quantitative estimate of drug-likeness (QED) is 0.429. The number of hydrogen-bond acceptors (Lipinski definition) is 7. The van der Waals surface area contributed by atoms with E-state index < -0.39 is 18.1 Å². The summed E-state index contributed by atoms with van der Waals surface area (Å²) in [5.41, 5.74) is 9.12. The van der Waals surface area contributed by atoms with E-state index in [0.29, 0.717) is 53.5 Å². The third-order valence-corrected chi connectivity index (χ3v) is 7.58. The summed E-state index contributed by atoms with van der Waals surface area (Å²) < 4.78 is 18.8. The molecule has 3 N–H and O–H groups in total. The average Bonchev–Trinajstić information content (AvgIpc) is 2.95. The van der Waals surface area contributed by atoms with Crippen molar-refractivity contribution in [3.8, 4) is 11.1 Å². The number of benzene rings is 2. The van der Waals surface area contributed by atoms with Crippen LogP contribution in [0, 0.1) is 0 Å². The number of carbonyl (C=O) groups is 2. The summed E-state index contributed by atoms with van der Waals surface area (Å²) in [6, 6.07) is 12.7. The number of pyridine rings is 1. The van der Waals surface area contributed by atoms with Crippen LogP contribution >= 0.6 is 11.6 Å². The molecule has 5 rings (SSSR count). The van der Waals surface area contributed by atoms with Crippen molar-refractivity contribution < 1.29 is 28.9 Å². The highest BCUT2D eigenvalue weighted by molar-refractivity contribution is 6.30. The second kappa shape index (κ2) is 12.4. The van der Waals surface area contributed by atoms with Gasteiger partial charge in [0.2, 0.25) is 5.91 Å². The van der Waals surface area contributed by atoms with Crippen LogP contribution in [0.3, 0.4) is 0 Å². The van der Waals surface area contributed by atoms with E-state index in [1.165, 1.54) is 10.6 Å². The third kappa shape index (κ3) is 6.35. The number of primary amides is 1. The SMILES string of the molecule is NC(=O)c1ccc(CC(=O)C(C[C@@H]2COCCO2)n2cc3c(cc2=O)-c2cc(Cl)ccc2CC(CO)OC3)cc1. The van der Waals surface area contributed by atoms with Crippen LogP contribution < -0.4 is 11.3 Å². The minimum absolute atomic E-state index is 0.0440. The molecule has 1 aromatic heterocycles. The van der Waals surface area contributed by atoms with Crippen molar-refractivity contribution in [2.75, 3.05) is 26.4 Å².